The summed E-state index contributed by atoms with van der Waals surface area (Å²) in [4.78, 5) is 12.0. The molecule has 1 aliphatic rings. The zero-order chi connectivity index (χ0) is 19.5. The molecule has 27 heavy (non-hydrogen) atoms. The fraction of sp³-hybridized carbons (Fsp3) is 0.591. The van der Waals surface area contributed by atoms with E-state index in [1.807, 2.05) is 31.3 Å². The summed E-state index contributed by atoms with van der Waals surface area (Å²) in [5.41, 5.74) is 0.947. The molecule has 0 bridgehead atoms. The van der Waals surface area contributed by atoms with Gasteiger partial charge in [0.1, 0.15) is 25.1 Å². The summed E-state index contributed by atoms with van der Waals surface area (Å²) in [5.74, 6) is 6.94. The zero-order valence-corrected chi connectivity index (χ0v) is 16.8. The van der Waals surface area contributed by atoms with Gasteiger partial charge in [-0.2, -0.15) is 0 Å². The summed E-state index contributed by atoms with van der Waals surface area (Å²) in [6, 6.07) is 7.77. The summed E-state index contributed by atoms with van der Waals surface area (Å²) in [7, 11) is 1.92. The summed E-state index contributed by atoms with van der Waals surface area (Å²) < 4.78 is 11.4. The van der Waals surface area contributed by atoms with Crippen molar-refractivity contribution in [1.29, 1.82) is 0 Å². The molecule has 1 aromatic rings. The number of amides is 1. The lowest BCUT2D eigenvalue weighted by molar-refractivity contribution is -0.127. The predicted octanol–water partition coefficient (Wildman–Crippen LogP) is 3.03. The number of carbonyl (C=O) groups is 1. The van der Waals surface area contributed by atoms with Gasteiger partial charge in [0.25, 0.3) is 0 Å². The Hall–Kier alpha value is -2.03. The molecule has 0 aliphatic heterocycles. The number of rotatable bonds is 9. The third-order valence-corrected chi connectivity index (χ3v) is 4.64. The normalized spacial score (nSPS) is 17.2. The third-order valence-electron chi connectivity index (χ3n) is 4.64. The maximum absolute atomic E-state index is 12.0. The molecule has 2 rings (SSSR count). The first-order chi connectivity index (χ1) is 13.0. The van der Waals surface area contributed by atoms with Gasteiger partial charge in [0, 0.05) is 18.5 Å². The molecule has 0 fully saturated rings. The Labute approximate surface area is 163 Å². The third kappa shape index (κ3) is 8.47. The zero-order valence-electron chi connectivity index (χ0n) is 16.8. The SMILES string of the molecule is CNC(C)(C)COc1ccc(CNC(=O)COC2C#CCCCCC2)cc1. The number of hydrogen-bond acceptors (Lipinski definition) is 4. The molecule has 0 saturated heterocycles. The van der Waals surface area contributed by atoms with E-state index in [2.05, 4.69) is 36.3 Å². The number of likely N-dealkylation sites (N-methyl/N-ethyl adjacent to an activating group) is 1. The van der Waals surface area contributed by atoms with Crippen LogP contribution in [0.25, 0.3) is 0 Å². The second kappa shape index (κ2) is 11.0. The average Bonchev–Trinajstić information content (AvgIpc) is 2.65. The number of hydrogen-bond donors (Lipinski definition) is 2. The van der Waals surface area contributed by atoms with Crippen LogP contribution in [-0.4, -0.2) is 37.8 Å². The minimum Gasteiger partial charge on any atom is -0.492 e. The fourth-order valence-corrected chi connectivity index (χ4v) is 2.57. The molecule has 2 N–H and O–H groups in total. The molecule has 1 unspecified atom stereocenters. The van der Waals surface area contributed by atoms with E-state index in [9.17, 15) is 4.79 Å². The lowest BCUT2D eigenvalue weighted by Crippen LogP contribution is -2.42. The smallest absolute Gasteiger partial charge is 0.246 e. The minimum absolute atomic E-state index is 0.0552. The highest BCUT2D eigenvalue weighted by atomic mass is 16.5. The molecule has 0 aromatic heterocycles. The molecular weight excluding hydrogens is 340 g/mol. The van der Waals surface area contributed by atoms with Crippen molar-refractivity contribution < 1.29 is 14.3 Å². The van der Waals surface area contributed by atoms with Crippen LogP contribution in [0.1, 0.15) is 51.5 Å². The largest absolute Gasteiger partial charge is 0.492 e. The highest BCUT2D eigenvalue weighted by Gasteiger charge is 2.15. The van der Waals surface area contributed by atoms with E-state index in [0.717, 1.165) is 37.0 Å². The molecule has 148 valence electrons. The van der Waals surface area contributed by atoms with Crippen molar-refractivity contribution in [3.8, 4) is 17.6 Å². The maximum atomic E-state index is 12.0. The Morgan fingerprint density at radius 1 is 1.22 bits per heavy atom. The van der Waals surface area contributed by atoms with E-state index in [1.165, 1.54) is 6.42 Å². The Bertz CT molecular complexity index is 644. The molecule has 0 heterocycles. The highest BCUT2D eigenvalue weighted by molar-refractivity contribution is 5.77. The van der Waals surface area contributed by atoms with Crippen molar-refractivity contribution in [1.82, 2.24) is 10.6 Å². The van der Waals surface area contributed by atoms with Gasteiger partial charge in [-0.1, -0.05) is 24.5 Å². The van der Waals surface area contributed by atoms with Crippen molar-refractivity contribution >= 4 is 5.91 Å². The van der Waals surface area contributed by atoms with Gasteiger partial charge in [-0.15, -0.1) is 5.92 Å². The van der Waals surface area contributed by atoms with E-state index in [4.69, 9.17) is 9.47 Å². The molecule has 0 radical (unpaired) electrons. The Balaban J connectivity index is 1.70. The fourth-order valence-electron chi connectivity index (χ4n) is 2.57. The predicted molar refractivity (Wildman–Crippen MR) is 108 cm³/mol. The molecule has 1 amide bonds. The first-order valence-electron chi connectivity index (χ1n) is 9.76. The molecule has 1 aliphatic carbocycles. The van der Waals surface area contributed by atoms with E-state index >= 15 is 0 Å². The van der Waals surface area contributed by atoms with E-state index < -0.39 is 0 Å². The lowest BCUT2D eigenvalue weighted by atomic mass is 10.1. The Morgan fingerprint density at radius 2 is 2.00 bits per heavy atom. The maximum Gasteiger partial charge on any atom is 0.246 e. The van der Waals surface area contributed by atoms with E-state index in [0.29, 0.717) is 13.2 Å². The number of benzene rings is 1. The first-order valence-corrected chi connectivity index (χ1v) is 9.76. The van der Waals surface area contributed by atoms with Gasteiger partial charge in [0.05, 0.1) is 0 Å². The lowest BCUT2D eigenvalue weighted by Gasteiger charge is -2.24. The van der Waals surface area contributed by atoms with Crippen LogP contribution in [-0.2, 0) is 16.1 Å². The van der Waals surface area contributed by atoms with E-state index in [-0.39, 0.29) is 24.2 Å². The summed E-state index contributed by atoms with van der Waals surface area (Å²) in [6.45, 7) is 5.28. The van der Waals surface area contributed by atoms with Crippen molar-refractivity contribution in [3.05, 3.63) is 29.8 Å². The second-order valence-corrected chi connectivity index (χ2v) is 7.56. The van der Waals surface area contributed by atoms with Crippen LogP contribution in [0.3, 0.4) is 0 Å². The van der Waals surface area contributed by atoms with Crippen molar-refractivity contribution in [3.63, 3.8) is 0 Å². The molecular formula is C22H32N2O3. The Kier molecular flexibility index (Phi) is 8.63. The van der Waals surface area contributed by atoms with Gasteiger partial charge in [0.2, 0.25) is 5.91 Å². The first kappa shape index (κ1) is 21.3. The highest BCUT2D eigenvalue weighted by Crippen LogP contribution is 2.14. The topological polar surface area (TPSA) is 59.6 Å². The molecule has 0 saturated carbocycles. The van der Waals surface area contributed by atoms with Crippen LogP contribution >= 0.6 is 0 Å². The van der Waals surface area contributed by atoms with Gasteiger partial charge in [-0.3, -0.25) is 4.79 Å². The van der Waals surface area contributed by atoms with Crippen LogP contribution in [0, 0.1) is 11.8 Å². The number of nitrogens with one attached hydrogen (secondary N) is 2. The number of ether oxygens (including phenoxy) is 2. The van der Waals surface area contributed by atoms with Crippen LogP contribution in [0.2, 0.25) is 0 Å². The van der Waals surface area contributed by atoms with E-state index in [1.54, 1.807) is 0 Å². The monoisotopic (exact) mass is 372 g/mol. The van der Waals surface area contributed by atoms with Crippen molar-refractivity contribution in [2.24, 2.45) is 0 Å². The molecule has 1 aromatic carbocycles. The van der Waals surface area contributed by atoms with Gasteiger partial charge >= 0.3 is 0 Å². The van der Waals surface area contributed by atoms with Gasteiger partial charge in [0.15, 0.2) is 0 Å². The summed E-state index contributed by atoms with van der Waals surface area (Å²) >= 11 is 0. The molecule has 0 spiro atoms. The van der Waals surface area contributed by atoms with Crippen molar-refractivity contribution in [2.45, 2.75) is 64.1 Å². The second-order valence-electron chi connectivity index (χ2n) is 7.56. The van der Waals surface area contributed by atoms with Crippen molar-refractivity contribution in [2.75, 3.05) is 20.3 Å². The van der Waals surface area contributed by atoms with Gasteiger partial charge in [-0.25, -0.2) is 0 Å². The average molecular weight is 373 g/mol. The van der Waals surface area contributed by atoms with Gasteiger partial charge in [-0.05, 0) is 57.9 Å². The van der Waals surface area contributed by atoms with Crippen LogP contribution in [0.15, 0.2) is 24.3 Å². The summed E-state index contributed by atoms with van der Waals surface area (Å²) in [6.07, 6.45) is 5.18. The van der Waals surface area contributed by atoms with Crippen LogP contribution < -0.4 is 15.4 Å². The summed E-state index contributed by atoms with van der Waals surface area (Å²) in [5, 5.41) is 6.09. The molecule has 5 nitrogen and oxygen atoms in total. The molecule has 1 atom stereocenters. The Morgan fingerprint density at radius 3 is 2.74 bits per heavy atom. The van der Waals surface area contributed by atoms with Crippen LogP contribution in [0.5, 0.6) is 5.75 Å². The molecule has 5 heteroatoms. The van der Waals surface area contributed by atoms with Gasteiger partial charge < -0.3 is 20.1 Å². The quantitative estimate of drug-likeness (QED) is 0.654. The minimum atomic E-state index is -0.116. The number of carbonyl (C=O) groups excluding carboxylic acids is 1. The standard InChI is InChI=1S/C22H32N2O3/c1-22(2,23-3)17-27-20-13-11-18(12-14-20)15-24-21(25)16-26-19-9-7-5-4-6-8-10-19/h11-14,19,23H,4-7,9,15-17H2,1-3H3,(H,24,25). The van der Waals surface area contributed by atoms with Crippen LogP contribution in [0.4, 0.5) is 0 Å².